The maximum atomic E-state index is 4.32. The Balaban J connectivity index is 1.57. The average Bonchev–Trinajstić information content (AvgIpc) is 2.86. The number of nitrogens with one attached hydrogen (secondary N) is 1. The van der Waals surface area contributed by atoms with Crippen LogP contribution in [-0.4, -0.2) is 47.4 Å². The van der Waals surface area contributed by atoms with Crippen molar-refractivity contribution < 1.29 is 0 Å². The predicted octanol–water partition coefficient (Wildman–Crippen LogP) is 1.60. The van der Waals surface area contributed by atoms with Crippen LogP contribution in [0.15, 0.2) is 12.3 Å². The van der Waals surface area contributed by atoms with E-state index in [0.29, 0.717) is 5.92 Å². The van der Waals surface area contributed by atoms with Crippen molar-refractivity contribution in [3.63, 3.8) is 0 Å². The number of likely N-dealkylation sites (tertiary alicyclic amines) is 1. The molecule has 2 aliphatic rings. The summed E-state index contributed by atoms with van der Waals surface area (Å²) in [6.07, 6.45) is 7.30. The number of hydrogen-bond acceptors (Lipinski definition) is 3. The van der Waals surface area contributed by atoms with Crippen LogP contribution in [0.25, 0.3) is 0 Å². The van der Waals surface area contributed by atoms with Crippen LogP contribution in [0.4, 0.5) is 0 Å². The topological polar surface area (TPSA) is 33.1 Å². The molecule has 1 N–H and O–H groups in total. The summed E-state index contributed by atoms with van der Waals surface area (Å²) in [6, 6.07) is 2.19. The van der Waals surface area contributed by atoms with Crippen molar-refractivity contribution in [1.82, 2.24) is 20.0 Å². The summed E-state index contributed by atoms with van der Waals surface area (Å²) in [7, 11) is 2.07. The van der Waals surface area contributed by atoms with Gasteiger partial charge in [0.15, 0.2) is 0 Å². The third kappa shape index (κ3) is 3.18. The summed E-state index contributed by atoms with van der Waals surface area (Å²) in [5, 5.41) is 7.78. The quantitative estimate of drug-likeness (QED) is 0.898. The fraction of sp³-hybridized carbons (Fsp3) is 0.800. The molecule has 4 nitrogen and oxygen atoms in total. The van der Waals surface area contributed by atoms with E-state index in [1.807, 2.05) is 6.20 Å². The lowest BCUT2D eigenvalue weighted by Gasteiger charge is -2.36. The Morgan fingerprint density at radius 2 is 2.16 bits per heavy atom. The highest BCUT2D eigenvalue weighted by Crippen LogP contribution is 2.27. The Morgan fingerprint density at radius 3 is 2.89 bits per heavy atom. The minimum absolute atomic E-state index is 0.683. The summed E-state index contributed by atoms with van der Waals surface area (Å²) >= 11 is 0. The van der Waals surface area contributed by atoms with Crippen LogP contribution in [0.3, 0.4) is 0 Å². The highest BCUT2D eigenvalue weighted by molar-refractivity contribution is 5.09. The van der Waals surface area contributed by atoms with E-state index >= 15 is 0 Å². The van der Waals surface area contributed by atoms with E-state index < -0.39 is 0 Å². The monoisotopic (exact) mass is 262 g/mol. The van der Waals surface area contributed by atoms with Crippen LogP contribution in [0.5, 0.6) is 0 Å². The normalized spacial score (nSPS) is 26.7. The molecule has 2 saturated heterocycles. The van der Waals surface area contributed by atoms with Gasteiger partial charge in [-0.25, -0.2) is 0 Å². The number of piperidine rings is 2. The van der Waals surface area contributed by atoms with Crippen molar-refractivity contribution in [2.45, 2.75) is 31.6 Å². The Labute approximate surface area is 116 Å². The maximum Gasteiger partial charge on any atom is 0.0492 e. The zero-order valence-corrected chi connectivity index (χ0v) is 12.0. The first-order valence-electron chi connectivity index (χ1n) is 7.74. The van der Waals surface area contributed by atoms with E-state index in [9.17, 15) is 0 Å². The van der Waals surface area contributed by atoms with Gasteiger partial charge < -0.3 is 10.2 Å². The van der Waals surface area contributed by atoms with Crippen LogP contribution in [0.2, 0.25) is 0 Å². The molecule has 3 heterocycles. The zero-order chi connectivity index (χ0) is 13.1. The molecule has 0 spiro atoms. The number of nitrogens with zero attached hydrogens (tertiary/aromatic N) is 3. The standard InChI is InChI=1S/C15H26N4/c1-18-15(6-9-17-18)14-3-2-10-19(12-14)11-13-4-7-16-8-5-13/h6,9,13-14,16H,2-5,7-8,10-12H2,1H3. The molecular formula is C15H26N4. The van der Waals surface area contributed by atoms with Crippen LogP contribution in [0.1, 0.15) is 37.3 Å². The second-order valence-electron chi connectivity index (χ2n) is 6.17. The molecule has 0 saturated carbocycles. The van der Waals surface area contributed by atoms with Gasteiger partial charge in [0.05, 0.1) is 0 Å². The van der Waals surface area contributed by atoms with E-state index in [4.69, 9.17) is 0 Å². The lowest BCUT2D eigenvalue weighted by Crippen LogP contribution is -2.41. The Bertz CT molecular complexity index is 395. The van der Waals surface area contributed by atoms with Crippen molar-refractivity contribution in [2.24, 2.45) is 13.0 Å². The molecule has 2 fully saturated rings. The number of aryl methyl sites for hydroxylation is 1. The molecule has 0 amide bonds. The summed E-state index contributed by atoms with van der Waals surface area (Å²) in [5.41, 5.74) is 1.41. The first-order valence-corrected chi connectivity index (χ1v) is 7.74. The largest absolute Gasteiger partial charge is 0.317 e. The van der Waals surface area contributed by atoms with Gasteiger partial charge in [-0.2, -0.15) is 5.10 Å². The predicted molar refractivity (Wildman–Crippen MR) is 77.2 cm³/mol. The summed E-state index contributed by atoms with van der Waals surface area (Å²) in [4.78, 5) is 2.69. The number of rotatable bonds is 3. The highest BCUT2D eigenvalue weighted by Gasteiger charge is 2.25. The minimum atomic E-state index is 0.683. The summed E-state index contributed by atoms with van der Waals surface area (Å²) in [5.74, 6) is 1.59. The molecule has 1 unspecified atom stereocenters. The second kappa shape index (κ2) is 6.06. The molecule has 0 bridgehead atoms. The van der Waals surface area contributed by atoms with Gasteiger partial charge in [0.2, 0.25) is 0 Å². The lowest BCUT2D eigenvalue weighted by atomic mass is 9.92. The molecule has 1 aromatic rings. The molecule has 2 aliphatic heterocycles. The van der Waals surface area contributed by atoms with Gasteiger partial charge in [0.25, 0.3) is 0 Å². The van der Waals surface area contributed by atoms with Gasteiger partial charge in [-0.15, -0.1) is 0 Å². The van der Waals surface area contributed by atoms with Gasteiger partial charge in [0.1, 0.15) is 0 Å². The van der Waals surface area contributed by atoms with E-state index in [1.54, 1.807) is 0 Å². The minimum Gasteiger partial charge on any atom is -0.317 e. The summed E-state index contributed by atoms with van der Waals surface area (Å²) < 4.78 is 2.05. The number of aromatic nitrogens is 2. The maximum absolute atomic E-state index is 4.32. The van der Waals surface area contributed by atoms with Crippen molar-refractivity contribution in [3.8, 4) is 0 Å². The Kier molecular flexibility index (Phi) is 4.18. The molecule has 0 aromatic carbocycles. The number of hydrogen-bond donors (Lipinski definition) is 1. The third-order valence-corrected chi connectivity index (χ3v) is 4.76. The Hall–Kier alpha value is -0.870. The molecule has 0 radical (unpaired) electrons. The van der Waals surface area contributed by atoms with E-state index in [0.717, 1.165) is 5.92 Å². The van der Waals surface area contributed by atoms with Crippen LogP contribution < -0.4 is 5.32 Å². The third-order valence-electron chi connectivity index (χ3n) is 4.76. The van der Waals surface area contributed by atoms with E-state index in [1.165, 1.54) is 64.1 Å². The van der Waals surface area contributed by atoms with Gasteiger partial charge in [-0.1, -0.05) is 0 Å². The van der Waals surface area contributed by atoms with Gasteiger partial charge >= 0.3 is 0 Å². The fourth-order valence-electron chi connectivity index (χ4n) is 3.68. The SMILES string of the molecule is Cn1nccc1C1CCCN(CC2CCNCC2)C1. The molecule has 106 valence electrons. The van der Waals surface area contributed by atoms with Gasteiger partial charge in [0, 0.05) is 37.9 Å². The van der Waals surface area contributed by atoms with Crippen molar-refractivity contribution in [2.75, 3.05) is 32.7 Å². The first kappa shape index (κ1) is 13.1. The van der Waals surface area contributed by atoms with E-state index in [2.05, 4.69) is 33.1 Å². The fourth-order valence-corrected chi connectivity index (χ4v) is 3.68. The lowest BCUT2D eigenvalue weighted by molar-refractivity contribution is 0.161. The second-order valence-corrected chi connectivity index (χ2v) is 6.17. The van der Waals surface area contributed by atoms with Crippen molar-refractivity contribution in [3.05, 3.63) is 18.0 Å². The van der Waals surface area contributed by atoms with Crippen LogP contribution in [0, 0.1) is 5.92 Å². The zero-order valence-electron chi connectivity index (χ0n) is 12.0. The molecule has 1 atom stereocenters. The first-order chi connectivity index (χ1) is 9.33. The molecule has 0 aliphatic carbocycles. The van der Waals surface area contributed by atoms with Gasteiger partial charge in [-0.3, -0.25) is 4.68 Å². The van der Waals surface area contributed by atoms with Crippen molar-refractivity contribution >= 4 is 0 Å². The smallest absolute Gasteiger partial charge is 0.0492 e. The van der Waals surface area contributed by atoms with Crippen molar-refractivity contribution in [1.29, 1.82) is 0 Å². The van der Waals surface area contributed by atoms with Crippen LogP contribution >= 0.6 is 0 Å². The van der Waals surface area contributed by atoms with Crippen LogP contribution in [-0.2, 0) is 7.05 Å². The average molecular weight is 262 g/mol. The molecule has 3 rings (SSSR count). The highest BCUT2D eigenvalue weighted by atomic mass is 15.3. The molecule has 19 heavy (non-hydrogen) atoms. The summed E-state index contributed by atoms with van der Waals surface area (Å²) in [6.45, 7) is 6.24. The molecule has 4 heteroatoms. The molecule has 1 aromatic heterocycles. The molecular weight excluding hydrogens is 236 g/mol. The van der Waals surface area contributed by atoms with Gasteiger partial charge in [-0.05, 0) is 57.3 Å². The van der Waals surface area contributed by atoms with E-state index in [-0.39, 0.29) is 0 Å². The Morgan fingerprint density at radius 1 is 1.32 bits per heavy atom.